The van der Waals surface area contributed by atoms with E-state index < -0.39 is 6.03 Å². The van der Waals surface area contributed by atoms with E-state index in [0.717, 1.165) is 5.52 Å². The number of aromatic nitrogens is 1. The van der Waals surface area contributed by atoms with Gasteiger partial charge in [0.2, 0.25) is 5.43 Å². The number of carbonyl (C=O) groups is 1. The Morgan fingerprint density at radius 2 is 2.05 bits per heavy atom. The summed E-state index contributed by atoms with van der Waals surface area (Å²) in [5.41, 5.74) is 0.701. The molecule has 0 saturated carbocycles. The summed E-state index contributed by atoms with van der Waals surface area (Å²) in [6, 6.07) is 10.1. The number of furan rings is 1. The summed E-state index contributed by atoms with van der Waals surface area (Å²) in [7, 11) is 0. The van der Waals surface area contributed by atoms with E-state index in [2.05, 4.69) is 15.6 Å². The van der Waals surface area contributed by atoms with Gasteiger partial charge in [0.05, 0.1) is 12.8 Å². The lowest BCUT2D eigenvalue weighted by Gasteiger charge is -2.07. The highest BCUT2D eigenvalue weighted by molar-refractivity contribution is 5.91. The van der Waals surface area contributed by atoms with Gasteiger partial charge in [0.25, 0.3) is 0 Å². The van der Waals surface area contributed by atoms with Crippen molar-refractivity contribution in [1.29, 1.82) is 0 Å². The first kappa shape index (κ1) is 13.0. The van der Waals surface area contributed by atoms with Crippen LogP contribution in [-0.2, 0) is 6.54 Å². The lowest BCUT2D eigenvalue weighted by molar-refractivity contribution is 0.251. The number of benzene rings is 1. The summed E-state index contributed by atoms with van der Waals surface area (Å²) in [6.45, 7) is 0.254. The third kappa shape index (κ3) is 2.79. The number of carbonyl (C=O) groups excluding carboxylic acids is 1. The van der Waals surface area contributed by atoms with Crippen LogP contribution in [0, 0.1) is 0 Å². The molecule has 3 aromatic rings. The number of aromatic amines is 1. The number of urea groups is 1. The number of pyridine rings is 1. The summed E-state index contributed by atoms with van der Waals surface area (Å²) in [6.07, 6.45) is 3.01. The van der Waals surface area contributed by atoms with Crippen molar-refractivity contribution in [2.75, 3.05) is 5.32 Å². The van der Waals surface area contributed by atoms with Crippen LogP contribution in [-0.4, -0.2) is 11.0 Å². The second-order valence-electron chi connectivity index (χ2n) is 4.46. The minimum atomic E-state index is -0.466. The molecule has 1 aromatic carbocycles. The van der Waals surface area contributed by atoms with Gasteiger partial charge in [0.15, 0.2) is 0 Å². The van der Waals surface area contributed by atoms with Crippen molar-refractivity contribution >= 4 is 22.6 Å². The zero-order chi connectivity index (χ0) is 14.7. The Kier molecular flexibility index (Phi) is 3.42. The third-order valence-corrected chi connectivity index (χ3v) is 3.04. The number of para-hydroxylation sites is 1. The van der Waals surface area contributed by atoms with Gasteiger partial charge in [-0.3, -0.25) is 4.79 Å². The van der Waals surface area contributed by atoms with Crippen molar-refractivity contribution in [3.63, 3.8) is 0 Å². The summed E-state index contributed by atoms with van der Waals surface area (Å²) in [5, 5.41) is 5.67. The van der Waals surface area contributed by atoms with Crippen LogP contribution in [0.5, 0.6) is 0 Å². The molecule has 0 radical (unpaired) electrons. The molecular weight excluding hydrogens is 270 g/mol. The van der Waals surface area contributed by atoms with Gasteiger partial charge in [0, 0.05) is 17.1 Å². The SMILES string of the molecule is O=C(NCc1ccco1)Nc1c[nH]c2ccccc2c1=O. The molecule has 3 rings (SSSR count). The molecule has 0 saturated heterocycles. The minimum absolute atomic E-state index is 0.200. The number of amides is 2. The van der Waals surface area contributed by atoms with E-state index in [0.29, 0.717) is 11.1 Å². The van der Waals surface area contributed by atoms with Gasteiger partial charge in [0.1, 0.15) is 11.4 Å². The van der Waals surface area contributed by atoms with Crippen molar-refractivity contribution in [1.82, 2.24) is 10.3 Å². The van der Waals surface area contributed by atoms with Crippen LogP contribution < -0.4 is 16.1 Å². The smallest absolute Gasteiger partial charge is 0.319 e. The van der Waals surface area contributed by atoms with Crippen LogP contribution >= 0.6 is 0 Å². The van der Waals surface area contributed by atoms with E-state index in [4.69, 9.17) is 4.42 Å². The highest BCUT2D eigenvalue weighted by Crippen LogP contribution is 2.09. The van der Waals surface area contributed by atoms with Gasteiger partial charge in [-0.25, -0.2) is 4.79 Å². The van der Waals surface area contributed by atoms with Gasteiger partial charge >= 0.3 is 6.03 Å². The molecule has 0 atom stereocenters. The highest BCUT2D eigenvalue weighted by Gasteiger charge is 2.08. The van der Waals surface area contributed by atoms with Crippen LogP contribution in [0.15, 0.2) is 58.1 Å². The first-order chi connectivity index (χ1) is 10.2. The molecule has 2 heterocycles. The summed E-state index contributed by atoms with van der Waals surface area (Å²) < 4.78 is 5.11. The quantitative estimate of drug-likeness (QED) is 0.690. The van der Waals surface area contributed by atoms with Gasteiger partial charge in [-0.1, -0.05) is 12.1 Å². The van der Waals surface area contributed by atoms with Crippen molar-refractivity contribution in [3.05, 3.63) is 64.8 Å². The van der Waals surface area contributed by atoms with E-state index in [9.17, 15) is 9.59 Å². The number of rotatable bonds is 3. The fraction of sp³-hybridized carbons (Fsp3) is 0.0667. The Morgan fingerprint density at radius 3 is 2.86 bits per heavy atom. The molecule has 21 heavy (non-hydrogen) atoms. The highest BCUT2D eigenvalue weighted by atomic mass is 16.3. The van der Waals surface area contributed by atoms with Crippen LogP contribution in [0.2, 0.25) is 0 Å². The second-order valence-corrected chi connectivity index (χ2v) is 4.46. The van der Waals surface area contributed by atoms with Gasteiger partial charge in [-0.2, -0.15) is 0 Å². The minimum Gasteiger partial charge on any atom is -0.467 e. The normalized spacial score (nSPS) is 10.5. The van der Waals surface area contributed by atoms with Crippen LogP contribution in [0.1, 0.15) is 5.76 Å². The first-order valence-corrected chi connectivity index (χ1v) is 6.42. The molecule has 0 spiro atoms. The monoisotopic (exact) mass is 283 g/mol. The lowest BCUT2D eigenvalue weighted by atomic mass is 10.2. The number of hydrogen-bond donors (Lipinski definition) is 3. The molecule has 0 aliphatic rings. The zero-order valence-electron chi connectivity index (χ0n) is 11.1. The number of anilines is 1. The van der Waals surface area contributed by atoms with Crippen LogP contribution in [0.25, 0.3) is 10.9 Å². The molecule has 0 aliphatic carbocycles. The fourth-order valence-electron chi connectivity index (χ4n) is 2.01. The van der Waals surface area contributed by atoms with Gasteiger partial charge < -0.3 is 20.0 Å². The van der Waals surface area contributed by atoms with E-state index >= 15 is 0 Å². The fourth-order valence-corrected chi connectivity index (χ4v) is 2.01. The number of H-pyrrole nitrogens is 1. The molecule has 2 amide bonds. The van der Waals surface area contributed by atoms with E-state index in [1.807, 2.05) is 6.07 Å². The molecular formula is C15H13N3O3. The van der Waals surface area contributed by atoms with Crippen molar-refractivity contribution in [2.45, 2.75) is 6.54 Å². The predicted molar refractivity (Wildman–Crippen MR) is 79.1 cm³/mol. The lowest BCUT2D eigenvalue weighted by Crippen LogP contribution is -2.30. The maximum absolute atomic E-state index is 12.2. The Labute approximate surface area is 119 Å². The molecule has 0 aliphatic heterocycles. The molecule has 6 nitrogen and oxygen atoms in total. The molecule has 6 heteroatoms. The Balaban J connectivity index is 1.74. The first-order valence-electron chi connectivity index (χ1n) is 6.42. The Hall–Kier alpha value is -3.02. The maximum atomic E-state index is 12.2. The van der Waals surface area contributed by atoms with Crippen LogP contribution in [0.4, 0.5) is 10.5 Å². The molecule has 2 aromatic heterocycles. The average Bonchev–Trinajstić information content (AvgIpc) is 3.02. The summed E-state index contributed by atoms with van der Waals surface area (Å²) in [5.74, 6) is 0.637. The topological polar surface area (TPSA) is 87.1 Å². The van der Waals surface area contributed by atoms with Gasteiger partial charge in [-0.15, -0.1) is 0 Å². The van der Waals surface area contributed by atoms with E-state index in [1.165, 1.54) is 12.5 Å². The van der Waals surface area contributed by atoms with Crippen molar-refractivity contribution in [2.24, 2.45) is 0 Å². The van der Waals surface area contributed by atoms with E-state index in [1.54, 1.807) is 30.3 Å². The van der Waals surface area contributed by atoms with Gasteiger partial charge in [-0.05, 0) is 24.3 Å². The number of hydrogen-bond acceptors (Lipinski definition) is 3. The standard InChI is InChI=1S/C15H13N3O3/c19-14-11-5-1-2-6-12(11)16-9-13(14)18-15(20)17-8-10-4-3-7-21-10/h1-7,9H,8H2,(H,16,19)(H2,17,18,20). The second kappa shape index (κ2) is 5.54. The molecule has 106 valence electrons. The predicted octanol–water partition coefficient (Wildman–Crippen LogP) is 2.44. The summed E-state index contributed by atoms with van der Waals surface area (Å²) >= 11 is 0. The molecule has 0 unspecified atom stereocenters. The third-order valence-electron chi connectivity index (χ3n) is 3.04. The molecule has 0 fully saturated rings. The molecule has 0 bridgehead atoms. The molecule has 3 N–H and O–H groups in total. The van der Waals surface area contributed by atoms with Crippen molar-refractivity contribution < 1.29 is 9.21 Å². The Morgan fingerprint density at radius 1 is 1.19 bits per heavy atom. The van der Waals surface area contributed by atoms with Crippen LogP contribution in [0.3, 0.4) is 0 Å². The zero-order valence-corrected chi connectivity index (χ0v) is 11.1. The maximum Gasteiger partial charge on any atom is 0.319 e. The van der Waals surface area contributed by atoms with E-state index in [-0.39, 0.29) is 17.7 Å². The van der Waals surface area contributed by atoms with Crippen molar-refractivity contribution in [3.8, 4) is 0 Å². The number of nitrogens with one attached hydrogen (secondary N) is 3. The average molecular weight is 283 g/mol. The largest absolute Gasteiger partial charge is 0.467 e. The number of fused-ring (bicyclic) bond motifs is 1. The Bertz CT molecular complexity index is 822. The summed E-state index contributed by atoms with van der Waals surface area (Å²) in [4.78, 5) is 27.0.